The van der Waals surface area contributed by atoms with Crippen molar-refractivity contribution in [1.82, 2.24) is 0 Å². The van der Waals surface area contributed by atoms with Crippen molar-refractivity contribution >= 4 is 0 Å². The standard InChI is InChI=1S/C11H12F3N/c12-11(13,14)9(15)10(6-7-10)8-4-2-1-3-5-8/h1-5,9H,6-7,15H2. The first kappa shape index (κ1) is 10.5. The molecule has 0 saturated heterocycles. The first-order valence-electron chi connectivity index (χ1n) is 4.85. The summed E-state index contributed by atoms with van der Waals surface area (Å²) in [5, 5.41) is 0. The zero-order valence-corrected chi connectivity index (χ0v) is 8.09. The lowest BCUT2D eigenvalue weighted by atomic mass is 9.88. The second kappa shape index (κ2) is 3.23. The van der Waals surface area contributed by atoms with E-state index in [0.29, 0.717) is 18.4 Å². The molecular formula is C11H12F3N. The van der Waals surface area contributed by atoms with Crippen molar-refractivity contribution in [3.05, 3.63) is 35.9 Å². The summed E-state index contributed by atoms with van der Waals surface area (Å²) in [6.07, 6.45) is -3.26. The van der Waals surface area contributed by atoms with Crippen LogP contribution in [0.15, 0.2) is 30.3 Å². The molecule has 0 spiro atoms. The van der Waals surface area contributed by atoms with Crippen molar-refractivity contribution in [3.63, 3.8) is 0 Å². The third-order valence-electron chi connectivity index (χ3n) is 3.09. The van der Waals surface area contributed by atoms with Gasteiger partial charge in [0.15, 0.2) is 0 Å². The molecule has 2 N–H and O–H groups in total. The SMILES string of the molecule is NC(C(F)(F)F)C1(c2ccccc2)CC1. The zero-order chi connectivity index (χ0) is 11.1. The van der Waals surface area contributed by atoms with E-state index in [1.165, 1.54) is 0 Å². The molecule has 1 nitrogen and oxygen atoms in total. The minimum atomic E-state index is -4.31. The summed E-state index contributed by atoms with van der Waals surface area (Å²) in [7, 11) is 0. The molecule has 1 aromatic carbocycles. The molecule has 4 heteroatoms. The van der Waals surface area contributed by atoms with E-state index in [2.05, 4.69) is 0 Å². The molecule has 1 aliphatic carbocycles. The van der Waals surface area contributed by atoms with Gasteiger partial charge in [-0.2, -0.15) is 13.2 Å². The molecule has 15 heavy (non-hydrogen) atoms. The molecular weight excluding hydrogens is 203 g/mol. The Morgan fingerprint density at radius 1 is 1.13 bits per heavy atom. The van der Waals surface area contributed by atoms with E-state index >= 15 is 0 Å². The summed E-state index contributed by atoms with van der Waals surface area (Å²) in [5.41, 5.74) is 5.14. The van der Waals surface area contributed by atoms with Crippen molar-refractivity contribution in [2.75, 3.05) is 0 Å². The smallest absolute Gasteiger partial charge is 0.319 e. The summed E-state index contributed by atoms with van der Waals surface area (Å²) < 4.78 is 37.6. The Balaban J connectivity index is 2.29. The lowest BCUT2D eigenvalue weighted by Crippen LogP contribution is -2.47. The average molecular weight is 215 g/mol. The van der Waals surface area contributed by atoms with Gasteiger partial charge in [-0.05, 0) is 18.4 Å². The summed E-state index contributed by atoms with van der Waals surface area (Å²) >= 11 is 0. The van der Waals surface area contributed by atoms with E-state index in [1.807, 2.05) is 0 Å². The van der Waals surface area contributed by atoms with Crippen LogP contribution in [-0.2, 0) is 5.41 Å². The van der Waals surface area contributed by atoms with Gasteiger partial charge in [0.05, 0.1) is 0 Å². The molecule has 1 unspecified atom stereocenters. The topological polar surface area (TPSA) is 26.0 Å². The van der Waals surface area contributed by atoms with Crippen LogP contribution in [0.5, 0.6) is 0 Å². The number of benzene rings is 1. The van der Waals surface area contributed by atoms with E-state index < -0.39 is 17.6 Å². The Kier molecular flexibility index (Phi) is 2.26. The second-order valence-electron chi connectivity index (χ2n) is 4.04. The van der Waals surface area contributed by atoms with Gasteiger partial charge in [0.25, 0.3) is 0 Å². The van der Waals surface area contributed by atoms with Gasteiger partial charge in [-0.1, -0.05) is 30.3 Å². The molecule has 0 heterocycles. The predicted molar refractivity (Wildman–Crippen MR) is 51.4 cm³/mol. The Morgan fingerprint density at radius 2 is 1.67 bits per heavy atom. The number of alkyl halides is 3. The molecule has 1 aliphatic rings. The van der Waals surface area contributed by atoms with Gasteiger partial charge in [-0.15, -0.1) is 0 Å². The van der Waals surface area contributed by atoms with Crippen LogP contribution in [0.1, 0.15) is 18.4 Å². The second-order valence-corrected chi connectivity index (χ2v) is 4.04. The molecule has 0 aliphatic heterocycles. The van der Waals surface area contributed by atoms with Crippen LogP contribution in [0.4, 0.5) is 13.2 Å². The molecule has 0 amide bonds. The minimum absolute atomic E-state index is 0.525. The van der Waals surface area contributed by atoms with Crippen LogP contribution in [0.25, 0.3) is 0 Å². The lowest BCUT2D eigenvalue weighted by molar-refractivity contribution is -0.155. The fourth-order valence-corrected chi connectivity index (χ4v) is 2.00. The third-order valence-corrected chi connectivity index (χ3v) is 3.09. The van der Waals surface area contributed by atoms with Crippen LogP contribution in [-0.4, -0.2) is 12.2 Å². The Labute approximate surface area is 86.1 Å². The maximum atomic E-state index is 12.5. The molecule has 82 valence electrons. The maximum absolute atomic E-state index is 12.5. The van der Waals surface area contributed by atoms with E-state index in [9.17, 15) is 13.2 Å². The summed E-state index contributed by atoms with van der Waals surface area (Å²) in [4.78, 5) is 0. The van der Waals surface area contributed by atoms with E-state index in [0.717, 1.165) is 0 Å². The molecule has 1 aromatic rings. The maximum Gasteiger partial charge on any atom is 0.404 e. The average Bonchev–Trinajstić information content (AvgIpc) is 2.97. The van der Waals surface area contributed by atoms with E-state index in [4.69, 9.17) is 5.73 Å². The van der Waals surface area contributed by atoms with Gasteiger partial charge in [-0.25, -0.2) is 0 Å². The van der Waals surface area contributed by atoms with Gasteiger partial charge in [0.2, 0.25) is 0 Å². The molecule has 0 aromatic heterocycles. The molecule has 1 fully saturated rings. The number of rotatable bonds is 2. The third kappa shape index (κ3) is 1.74. The summed E-state index contributed by atoms with van der Waals surface area (Å²) in [6, 6.07) is 6.99. The lowest BCUT2D eigenvalue weighted by Gasteiger charge is -2.25. The van der Waals surface area contributed by atoms with Crippen LogP contribution >= 0.6 is 0 Å². The van der Waals surface area contributed by atoms with Crippen molar-refractivity contribution in [3.8, 4) is 0 Å². The Bertz CT molecular complexity index is 341. The number of hydrogen-bond donors (Lipinski definition) is 1. The van der Waals surface area contributed by atoms with Gasteiger partial charge in [0.1, 0.15) is 6.04 Å². The van der Waals surface area contributed by atoms with Crippen LogP contribution < -0.4 is 5.73 Å². The van der Waals surface area contributed by atoms with E-state index in [1.54, 1.807) is 30.3 Å². The highest BCUT2D eigenvalue weighted by atomic mass is 19.4. The summed E-state index contributed by atoms with van der Waals surface area (Å²) in [5.74, 6) is 0. The largest absolute Gasteiger partial charge is 0.404 e. The number of hydrogen-bond acceptors (Lipinski definition) is 1. The molecule has 0 bridgehead atoms. The van der Waals surface area contributed by atoms with Gasteiger partial charge in [0, 0.05) is 5.41 Å². The molecule has 1 saturated carbocycles. The fraction of sp³-hybridized carbons (Fsp3) is 0.455. The monoisotopic (exact) mass is 215 g/mol. The highest BCUT2D eigenvalue weighted by Crippen LogP contribution is 2.53. The van der Waals surface area contributed by atoms with Crippen LogP contribution in [0.3, 0.4) is 0 Å². The van der Waals surface area contributed by atoms with Gasteiger partial charge in [-0.3, -0.25) is 0 Å². The number of nitrogens with two attached hydrogens (primary N) is 1. The Hall–Kier alpha value is -1.03. The van der Waals surface area contributed by atoms with Gasteiger partial charge >= 0.3 is 6.18 Å². The van der Waals surface area contributed by atoms with Crippen molar-refractivity contribution in [2.45, 2.75) is 30.5 Å². The summed E-state index contributed by atoms with van der Waals surface area (Å²) in [6.45, 7) is 0. The van der Waals surface area contributed by atoms with E-state index in [-0.39, 0.29) is 0 Å². The first-order chi connectivity index (χ1) is 6.97. The molecule has 1 atom stereocenters. The highest BCUT2D eigenvalue weighted by molar-refractivity contribution is 5.34. The zero-order valence-electron chi connectivity index (χ0n) is 8.09. The Morgan fingerprint density at radius 3 is 2.07 bits per heavy atom. The van der Waals surface area contributed by atoms with Gasteiger partial charge < -0.3 is 5.73 Å². The van der Waals surface area contributed by atoms with Crippen molar-refractivity contribution in [1.29, 1.82) is 0 Å². The number of halogens is 3. The van der Waals surface area contributed by atoms with Crippen LogP contribution in [0, 0.1) is 0 Å². The van der Waals surface area contributed by atoms with Crippen LogP contribution in [0.2, 0.25) is 0 Å². The predicted octanol–water partition coefficient (Wildman–Crippen LogP) is 2.61. The minimum Gasteiger partial charge on any atom is -0.319 e. The fourth-order valence-electron chi connectivity index (χ4n) is 2.00. The quantitative estimate of drug-likeness (QED) is 0.806. The molecule has 0 radical (unpaired) electrons. The first-order valence-corrected chi connectivity index (χ1v) is 4.85. The van der Waals surface area contributed by atoms with Crippen molar-refractivity contribution < 1.29 is 13.2 Å². The van der Waals surface area contributed by atoms with Crippen molar-refractivity contribution in [2.24, 2.45) is 5.73 Å². The normalized spacial score (nSPS) is 21.1. The highest BCUT2D eigenvalue weighted by Gasteiger charge is 2.58. The molecule has 2 rings (SSSR count).